The summed E-state index contributed by atoms with van der Waals surface area (Å²) in [6, 6.07) is 6.92. The minimum Gasteiger partial charge on any atom is -0.459 e. The minimum atomic E-state index is -0.263. The number of aromatic nitrogens is 1. The third-order valence-corrected chi connectivity index (χ3v) is 1.58. The van der Waals surface area contributed by atoms with Crippen molar-refractivity contribution in [2.45, 2.75) is 0 Å². The second-order valence-electron chi connectivity index (χ2n) is 2.51. The Kier molecular flexibility index (Phi) is 1.88. The van der Waals surface area contributed by atoms with Gasteiger partial charge in [0, 0.05) is 12.4 Å². The van der Waals surface area contributed by atoms with E-state index in [2.05, 4.69) is 5.43 Å². The van der Waals surface area contributed by atoms with Gasteiger partial charge in [0.2, 0.25) is 0 Å². The normalized spacial score (nSPS) is 9.85. The lowest BCUT2D eigenvalue weighted by Gasteiger charge is -2.02. The van der Waals surface area contributed by atoms with Crippen LogP contribution in [-0.2, 0) is 0 Å². The molecule has 4 nitrogen and oxygen atoms in total. The van der Waals surface area contributed by atoms with Crippen molar-refractivity contribution in [3.63, 3.8) is 0 Å². The number of hydrogen-bond donors (Lipinski definition) is 1. The van der Waals surface area contributed by atoms with Crippen molar-refractivity contribution in [2.75, 3.05) is 5.43 Å². The molecule has 2 heterocycles. The molecule has 2 aromatic rings. The molecule has 4 heteroatoms. The number of hydrogen-bond acceptors (Lipinski definition) is 2. The molecule has 0 radical (unpaired) electrons. The third-order valence-electron chi connectivity index (χ3n) is 1.58. The van der Waals surface area contributed by atoms with Crippen molar-refractivity contribution in [3.05, 3.63) is 48.7 Å². The van der Waals surface area contributed by atoms with Crippen LogP contribution in [0.4, 0.5) is 0 Å². The molecule has 0 saturated carbocycles. The molecule has 1 N–H and O–H groups in total. The van der Waals surface area contributed by atoms with Crippen LogP contribution in [0.2, 0.25) is 0 Å². The first-order valence-corrected chi connectivity index (χ1v) is 3.84. The highest BCUT2D eigenvalue weighted by atomic mass is 16.3. The van der Waals surface area contributed by atoms with Crippen LogP contribution in [0, 0.1) is 0 Å². The topological polar surface area (TPSA) is 47.2 Å². The van der Waals surface area contributed by atoms with E-state index in [1.54, 1.807) is 29.2 Å². The molecule has 66 valence electrons. The Labute approximate surface area is 74.7 Å². The fourth-order valence-corrected chi connectivity index (χ4v) is 0.989. The van der Waals surface area contributed by atoms with Crippen LogP contribution in [0.3, 0.4) is 0 Å². The van der Waals surface area contributed by atoms with Gasteiger partial charge in [0.15, 0.2) is 5.76 Å². The largest absolute Gasteiger partial charge is 0.459 e. The van der Waals surface area contributed by atoms with Crippen molar-refractivity contribution in [2.24, 2.45) is 0 Å². The van der Waals surface area contributed by atoms with E-state index < -0.39 is 0 Å². The van der Waals surface area contributed by atoms with Crippen LogP contribution in [0.1, 0.15) is 10.6 Å². The summed E-state index contributed by atoms with van der Waals surface area (Å²) in [5.41, 5.74) is 2.61. The Morgan fingerprint density at radius 1 is 1.31 bits per heavy atom. The average molecular weight is 176 g/mol. The van der Waals surface area contributed by atoms with Crippen LogP contribution >= 0.6 is 0 Å². The quantitative estimate of drug-likeness (QED) is 0.753. The van der Waals surface area contributed by atoms with Gasteiger partial charge in [-0.15, -0.1) is 0 Å². The van der Waals surface area contributed by atoms with E-state index in [1.165, 1.54) is 6.26 Å². The Morgan fingerprint density at radius 2 is 2.08 bits per heavy atom. The highest BCUT2D eigenvalue weighted by molar-refractivity contribution is 5.97. The molecule has 0 spiro atoms. The average Bonchev–Trinajstić information content (AvgIpc) is 2.74. The molecular formula is C9H8N2O2. The van der Waals surface area contributed by atoms with E-state index in [0.29, 0.717) is 5.76 Å². The van der Waals surface area contributed by atoms with E-state index in [0.717, 1.165) is 0 Å². The van der Waals surface area contributed by atoms with Gasteiger partial charge in [-0.05, 0) is 24.3 Å². The Balaban J connectivity index is 2.08. The van der Waals surface area contributed by atoms with Gasteiger partial charge < -0.3 is 4.42 Å². The van der Waals surface area contributed by atoms with Crippen molar-refractivity contribution in [1.82, 2.24) is 4.68 Å². The van der Waals surface area contributed by atoms with Crippen LogP contribution in [0.25, 0.3) is 0 Å². The zero-order valence-electron chi connectivity index (χ0n) is 6.81. The Morgan fingerprint density at radius 3 is 2.69 bits per heavy atom. The maximum absolute atomic E-state index is 11.3. The molecule has 2 aromatic heterocycles. The predicted octanol–water partition coefficient (Wildman–Crippen LogP) is 1.47. The first-order chi connectivity index (χ1) is 6.36. The maximum Gasteiger partial charge on any atom is 0.305 e. The minimum absolute atomic E-state index is 0.263. The van der Waals surface area contributed by atoms with Gasteiger partial charge in [0.1, 0.15) is 0 Å². The molecule has 13 heavy (non-hydrogen) atoms. The molecule has 0 unspecified atom stereocenters. The van der Waals surface area contributed by atoms with Gasteiger partial charge in [-0.3, -0.25) is 14.9 Å². The summed E-state index contributed by atoms with van der Waals surface area (Å²) < 4.78 is 6.48. The first-order valence-electron chi connectivity index (χ1n) is 3.84. The standard InChI is InChI=1S/C9H8N2O2/c12-9(8-4-3-7-13-8)10-11-5-1-2-6-11/h1-7H,(H,10,12). The number of nitrogens with zero attached hydrogens (tertiary/aromatic N) is 1. The lowest BCUT2D eigenvalue weighted by molar-refractivity contribution is 0.0981. The fourth-order valence-electron chi connectivity index (χ4n) is 0.989. The van der Waals surface area contributed by atoms with Crippen LogP contribution < -0.4 is 5.43 Å². The van der Waals surface area contributed by atoms with E-state index in [-0.39, 0.29) is 5.91 Å². The number of rotatable bonds is 2. The van der Waals surface area contributed by atoms with E-state index >= 15 is 0 Å². The zero-order chi connectivity index (χ0) is 9.10. The van der Waals surface area contributed by atoms with Gasteiger partial charge in [0.05, 0.1) is 6.26 Å². The molecule has 0 fully saturated rings. The van der Waals surface area contributed by atoms with Crippen LogP contribution in [0.15, 0.2) is 47.3 Å². The van der Waals surface area contributed by atoms with Gasteiger partial charge in [-0.2, -0.15) is 0 Å². The van der Waals surface area contributed by atoms with E-state index in [4.69, 9.17) is 4.42 Å². The second-order valence-corrected chi connectivity index (χ2v) is 2.51. The van der Waals surface area contributed by atoms with Crippen molar-refractivity contribution >= 4 is 5.91 Å². The van der Waals surface area contributed by atoms with Crippen LogP contribution in [-0.4, -0.2) is 10.6 Å². The molecule has 0 bridgehead atoms. The summed E-state index contributed by atoms with van der Waals surface area (Å²) in [5, 5.41) is 0. The van der Waals surface area contributed by atoms with Crippen molar-refractivity contribution < 1.29 is 9.21 Å². The van der Waals surface area contributed by atoms with E-state index in [9.17, 15) is 4.79 Å². The first kappa shape index (κ1) is 7.67. The molecule has 0 aliphatic carbocycles. The molecule has 2 rings (SSSR count). The highest BCUT2D eigenvalue weighted by Gasteiger charge is 2.06. The zero-order valence-corrected chi connectivity index (χ0v) is 6.81. The maximum atomic E-state index is 11.3. The number of carbonyl (C=O) groups excluding carboxylic acids is 1. The number of amides is 1. The lowest BCUT2D eigenvalue weighted by Crippen LogP contribution is -2.20. The molecule has 1 amide bonds. The number of nitrogens with one attached hydrogen (secondary N) is 1. The number of carbonyl (C=O) groups is 1. The molecule has 0 saturated heterocycles. The summed E-state index contributed by atoms with van der Waals surface area (Å²) in [6.07, 6.45) is 4.94. The molecule has 0 atom stereocenters. The Hall–Kier alpha value is -1.97. The third kappa shape index (κ3) is 1.61. The van der Waals surface area contributed by atoms with Gasteiger partial charge in [-0.1, -0.05) is 0 Å². The summed E-state index contributed by atoms with van der Waals surface area (Å²) >= 11 is 0. The lowest BCUT2D eigenvalue weighted by atomic mass is 10.4. The predicted molar refractivity (Wildman–Crippen MR) is 46.8 cm³/mol. The van der Waals surface area contributed by atoms with Gasteiger partial charge >= 0.3 is 5.91 Å². The van der Waals surface area contributed by atoms with Crippen molar-refractivity contribution in [3.8, 4) is 0 Å². The fraction of sp³-hybridized carbons (Fsp3) is 0. The Bertz CT molecular complexity index is 376. The monoisotopic (exact) mass is 176 g/mol. The summed E-state index contributed by atoms with van der Waals surface area (Å²) in [6.45, 7) is 0. The van der Waals surface area contributed by atoms with Crippen molar-refractivity contribution in [1.29, 1.82) is 0 Å². The number of furan rings is 1. The molecule has 0 aliphatic heterocycles. The summed E-state index contributed by atoms with van der Waals surface area (Å²) in [7, 11) is 0. The summed E-state index contributed by atoms with van der Waals surface area (Å²) in [5.74, 6) is 0.0369. The summed E-state index contributed by atoms with van der Waals surface area (Å²) in [4.78, 5) is 11.3. The molecular weight excluding hydrogens is 168 g/mol. The second kappa shape index (κ2) is 3.18. The molecule has 0 aliphatic rings. The SMILES string of the molecule is O=C(Nn1cccc1)c1ccco1. The van der Waals surface area contributed by atoms with E-state index in [1.807, 2.05) is 12.1 Å². The van der Waals surface area contributed by atoms with Gasteiger partial charge in [-0.25, -0.2) is 0 Å². The highest BCUT2D eigenvalue weighted by Crippen LogP contribution is 2.00. The molecule has 0 aromatic carbocycles. The smallest absolute Gasteiger partial charge is 0.305 e. The van der Waals surface area contributed by atoms with Crippen LogP contribution in [0.5, 0.6) is 0 Å². The van der Waals surface area contributed by atoms with Gasteiger partial charge in [0.25, 0.3) is 0 Å².